The third-order valence-electron chi connectivity index (χ3n) is 4.69. The van der Waals surface area contributed by atoms with Crippen LogP contribution in [0.15, 0.2) is 41.2 Å². The second kappa shape index (κ2) is 7.42. The van der Waals surface area contributed by atoms with Crippen LogP contribution in [0.1, 0.15) is 22.6 Å². The molecule has 148 valence electrons. The maximum atomic E-state index is 13.2. The lowest BCUT2D eigenvalue weighted by Gasteiger charge is -2.09. The van der Waals surface area contributed by atoms with Crippen molar-refractivity contribution in [2.24, 2.45) is 0 Å². The molecule has 7 nitrogen and oxygen atoms in total. The number of fused-ring (bicyclic) bond motifs is 2. The Morgan fingerprint density at radius 3 is 2.72 bits per heavy atom. The first-order chi connectivity index (χ1) is 13.9. The topological polar surface area (TPSA) is 93.1 Å². The summed E-state index contributed by atoms with van der Waals surface area (Å²) >= 11 is 0. The van der Waals surface area contributed by atoms with E-state index in [0.717, 1.165) is 18.6 Å². The molecule has 3 aromatic rings. The largest absolute Gasteiger partial charge is 0.343 e. The predicted molar refractivity (Wildman–Crippen MR) is 102 cm³/mol. The van der Waals surface area contributed by atoms with Gasteiger partial charge in [-0.1, -0.05) is 0 Å². The number of anilines is 1. The monoisotopic (exact) mass is 398 g/mol. The number of aromatic nitrogens is 2. The van der Waals surface area contributed by atoms with Crippen LogP contribution in [-0.2, 0) is 17.8 Å². The predicted octanol–water partition coefficient (Wildman–Crippen LogP) is 1.99. The van der Waals surface area contributed by atoms with Crippen molar-refractivity contribution in [3.05, 3.63) is 69.8 Å². The molecule has 2 aromatic carbocycles. The Kier molecular flexibility index (Phi) is 4.79. The summed E-state index contributed by atoms with van der Waals surface area (Å²) in [5.41, 5.74) is 0.641. The molecule has 0 aliphatic carbocycles. The molecule has 0 radical (unpaired) electrons. The molecule has 0 unspecified atom stereocenters. The molecule has 9 heteroatoms. The Morgan fingerprint density at radius 2 is 1.93 bits per heavy atom. The number of nitrogens with zero attached hydrogens (tertiary/aromatic N) is 2. The zero-order valence-electron chi connectivity index (χ0n) is 15.2. The van der Waals surface area contributed by atoms with Gasteiger partial charge in [0.25, 0.3) is 11.5 Å². The molecule has 0 spiro atoms. The van der Waals surface area contributed by atoms with Gasteiger partial charge in [0.1, 0.15) is 5.82 Å². The van der Waals surface area contributed by atoms with Crippen LogP contribution >= 0.6 is 0 Å². The van der Waals surface area contributed by atoms with Gasteiger partial charge in [-0.2, -0.15) is 0 Å². The van der Waals surface area contributed by atoms with Crippen LogP contribution in [0.4, 0.5) is 14.5 Å². The van der Waals surface area contributed by atoms with Crippen LogP contribution in [0, 0.1) is 11.6 Å². The van der Waals surface area contributed by atoms with Gasteiger partial charge in [0.15, 0.2) is 11.6 Å². The maximum absolute atomic E-state index is 13.2. The lowest BCUT2D eigenvalue weighted by Crippen LogP contribution is -2.33. The van der Waals surface area contributed by atoms with Crippen molar-refractivity contribution in [1.82, 2.24) is 14.9 Å². The van der Waals surface area contributed by atoms with E-state index in [1.807, 2.05) is 0 Å². The molecular formula is C20H16F2N4O3. The van der Waals surface area contributed by atoms with Crippen molar-refractivity contribution in [2.75, 3.05) is 11.9 Å². The second-order valence-corrected chi connectivity index (χ2v) is 6.68. The highest BCUT2D eigenvalue weighted by atomic mass is 19.2. The number of hydrogen-bond acceptors (Lipinski definition) is 4. The molecule has 0 bridgehead atoms. The van der Waals surface area contributed by atoms with Crippen molar-refractivity contribution in [3.63, 3.8) is 0 Å². The summed E-state index contributed by atoms with van der Waals surface area (Å²) in [6.45, 7) is 0.280. The van der Waals surface area contributed by atoms with E-state index in [-0.39, 0.29) is 23.4 Å². The van der Waals surface area contributed by atoms with Gasteiger partial charge in [-0.25, -0.2) is 13.8 Å². The normalized spacial score (nSPS) is 12.6. The van der Waals surface area contributed by atoms with E-state index in [1.54, 1.807) is 10.6 Å². The average molecular weight is 398 g/mol. The Morgan fingerprint density at radius 1 is 1.10 bits per heavy atom. The number of nitrogens with one attached hydrogen (secondary N) is 2. The summed E-state index contributed by atoms with van der Waals surface area (Å²) in [4.78, 5) is 41.2. The van der Waals surface area contributed by atoms with E-state index in [0.29, 0.717) is 29.7 Å². The first-order valence-corrected chi connectivity index (χ1v) is 8.99. The number of carbonyl (C=O) groups excluding carboxylic acids is 2. The van der Waals surface area contributed by atoms with Gasteiger partial charge in [0, 0.05) is 30.3 Å². The fraction of sp³-hybridized carbons (Fsp3) is 0.200. The quantitative estimate of drug-likeness (QED) is 0.703. The summed E-state index contributed by atoms with van der Waals surface area (Å²) in [7, 11) is 0. The smallest absolute Gasteiger partial charge is 0.261 e. The Bertz CT molecular complexity index is 1210. The number of carbonyl (C=O) groups is 2. The molecule has 0 saturated heterocycles. The number of amides is 2. The standard InChI is InChI=1S/C20H16F2N4O3/c21-14-6-4-12(9-15(14)22)24-18(27)10-23-19(28)11-3-5-13-16(8-11)25-17-2-1-7-26(17)20(13)29/h3-6,8-9H,1-2,7,10H2,(H,23,28)(H,24,27). The van der Waals surface area contributed by atoms with Crippen molar-refractivity contribution in [1.29, 1.82) is 0 Å². The minimum Gasteiger partial charge on any atom is -0.343 e. The first kappa shape index (κ1) is 18.7. The molecule has 1 aliphatic heterocycles. The molecule has 4 rings (SSSR count). The molecule has 1 aromatic heterocycles. The van der Waals surface area contributed by atoms with Crippen molar-refractivity contribution in [2.45, 2.75) is 19.4 Å². The van der Waals surface area contributed by atoms with Crippen molar-refractivity contribution in [3.8, 4) is 0 Å². The average Bonchev–Trinajstić information content (AvgIpc) is 3.17. The SMILES string of the molecule is O=C(CNC(=O)c1ccc2c(=O)n3c(nc2c1)CCC3)Nc1ccc(F)c(F)c1. The van der Waals surface area contributed by atoms with Gasteiger partial charge in [0.05, 0.1) is 17.4 Å². The number of rotatable bonds is 4. The van der Waals surface area contributed by atoms with Crippen molar-refractivity contribution < 1.29 is 18.4 Å². The summed E-state index contributed by atoms with van der Waals surface area (Å²) in [6, 6.07) is 7.51. The van der Waals surface area contributed by atoms with E-state index in [2.05, 4.69) is 15.6 Å². The molecule has 29 heavy (non-hydrogen) atoms. The van der Waals surface area contributed by atoms with Crippen LogP contribution in [0.25, 0.3) is 10.9 Å². The van der Waals surface area contributed by atoms with E-state index >= 15 is 0 Å². The van der Waals surface area contributed by atoms with Crippen LogP contribution in [-0.4, -0.2) is 27.9 Å². The van der Waals surface area contributed by atoms with Crippen LogP contribution in [0.5, 0.6) is 0 Å². The van der Waals surface area contributed by atoms with E-state index in [9.17, 15) is 23.2 Å². The molecule has 2 heterocycles. The highest BCUT2D eigenvalue weighted by Gasteiger charge is 2.17. The maximum Gasteiger partial charge on any atom is 0.261 e. The van der Waals surface area contributed by atoms with Crippen LogP contribution in [0.3, 0.4) is 0 Å². The minimum absolute atomic E-state index is 0.0763. The van der Waals surface area contributed by atoms with Gasteiger partial charge in [-0.15, -0.1) is 0 Å². The number of halogens is 2. The third-order valence-corrected chi connectivity index (χ3v) is 4.69. The van der Waals surface area contributed by atoms with Gasteiger partial charge >= 0.3 is 0 Å². The van der Waals surface area contributed by atoms with Crippen LogP contribution in [0.2, 0.25) is 0 Å². The summed E-state index contributed by atoms with van der Waals surface area (Å²) in [5, 5.41) is 5.25. The zero-order valence-corrected chi connectivity index (χ0v) is 15.2. The highest BCUT2D eigenvalue weighted by molar-refractivity contribution is 6.01. The molecule has 0 saturated carbocycles. The third kappa shape index (κ3) is 3.71. The molecule has 0 atom stereocenters. The Balaban J connectivity index is 1.45. The van der Waals surface area contributed by atoms with E-state index in [4.69, 9.17) is 0 Å². The van der Waals surface area contributed by atoms with Crippen LogP contribution < -0.4 is 16.2 Å². The Labute approximate surface area is 163 Å². The lowest BCUT2D eigenvalue weighted by atomic mass is 10.1. The number of aryl methyl sites for hydroxylation is 1. The fourth-order valence-corrected chi connectivity index (χ4v) is 3.27. The number of benzene rings is 2. The van der Waals surface area contributed by atoms with Gasteiger partial charge in [-0.3, -0.25) is 19.0 Å². The molecule has 0 fully saturated rings. The van der Waals surface area contributed by atoms with Crippen molar-refractivity contribution >= 4 is 28.4 Å². The zero-order chi connectivity index (χ0) is 20.5. The van der Waals surface area contributed by atoms with Gasteiger partial charge < -0.3 is 10.6 Å². The fourth-order valence-electron chi connectivity index (χ4n) is 3.27. The van der Waals surface area contributed by atoms with Gasteiger partial charge in [0.2, 0.25) is 5.91 Å². The van der Waals surface area contributed by atoms with E-state index in [1.165, 1.54) is 18.2 Å². The second-order valence-electron chi connectivity index (χ2n) is 6.68. The summed E-state index contributed by atoms with van der Waals surface area (Å²) in [5.74, 6) is -2.52. The molecule has 1 aliphatic rings. The summed E-state index contributed by atoms with van der Waals surface area (Å²) in [6.07, 6.45) is 1.57. The minimum atomic E-state index is -1.09. The van der Waals surface area contributed by atoms with Gasteiger partial charge in [-0.05, 0) is 36.8 Å². The molecular weight excluding hydrogens is 382 g/mol. The lowest BCUT2D eigenvalue weighted by molar-refractivity contribution is -0.115. The molecule has 2 amide bonds. The number of hydrogen-bond donors (Lipinski definition) is 2. The van der Waals surface area contributed by atoms with E-state index < -0.39 is 23.4 Å². The molecule has 2 N–H and O–H groups in total. The highest BCUT2D eigenvalue weighted by Crippen LogP contribution is 2.16. The Hall–Kier alpha value is -3.62. The summed E-state index contributed by atoms with van der Waals surface area (Å²) < 4.78 is 27.7. The first-order valence-electron chi connectivity index (χ1n) is 8.99.